The number of nitrogens with one attached hydrogen (secondary N) is 1. The highest BCUT2D eigenvalue weighted by Crippen LogP contribution is 2.36. The first kappa shape index (κ1) is 17.6. The first-order valence-electron chi connectivity index (χ1n) is 9.15. The van der Waals surface area contributed by atoms with E-state index in [4.69, 9.17) is 14.0 Å². The van der Waals surface area contributed by atoms with Crippen LogP contribution in [0.1, 0.15) is 43.5 Å². The fraction of sp³-hybridized carbons (Fsp3) is 0.526. The largest absolute Gasteiger partial charge is 0.454 e. The number of ether oxygens (including phenoxy) is 2. The number of fused-ring (bicyclic) bond motifs is 1. The third kappa shape index (κ3) is 3.56. The first-order valence-corrected chi connectivity index (χ1v) is 9.15. The minimum Gasteiger partial charge on any atom is -0.454 e. The van der Waals surface area contributed by atoms with Gasteiger partial charge in [0.15, 0.2) is 17.3 Å². The second-order valence-electron chi connectivity index (χ2n) is 7.72. The summed E-state index contributed by atoms with van der Waals surface area (Å²) >= 11 is 0. The molecule has 1 fully saturated rings. The molecule has 0 aliphatic carbocycles. The van der Waals surface area contributed by atoms with E-state index in [1.165, 1.54) is 0 Å². The van der Waals surface area contributed by atoms with Gasteiger partial charge in [0.25, 0.3) is 0 Å². The van der Waals surface area contributed by atoms with Crippen LogP contribution in [0.5, 0.6) is 11.5 Å². The maximum absolute atomic E-state index is 12.6. The summed E-state index contributed by atoms with van der Waals surface area (Å²) < 4.78 is 16.1. The SMILES string of the molecule is Cc1noc(C2CCN(C(=O)NCC(C)(C)c3ccc4c(c3)OCO4)C2)n1. The molecule has 1 unspecified atom stereocenters. The Hall–Kier alpha value is -2.77. The van der Waals surface area contributed by atoms with Gasteiger partial charge in [-0.15, -0.1) is 0 Å². The molecule has 3 heterocycles. The van der Waals surface area contributed by atoms with Crippen molar-refractivity contribution in [2.24, 2.45) is 0 Å². The molecule has 144 valence electrons. The average molecular weight is 372 g/mol. The van der Waals surface area contributed by atoms with Gasteiger partial charge in [-0.3, -0.25) is 0 Å². The van der Waals surface area contributed by atoms with E-state index in [2.05, 4.69) is 29.3 Å². The number of rotatable bonds is 4. The Labute approximate surface area is 157 Å². The Kier molecular flexibility index (Phi) is 4.41. The summed E-state index contributed by atoms with van der Waals surface area (Å²) in [5, 5.41) is 6.89. The molecule has 1 N–H and O–H groups in total. The van der Waals surface area contributed by atoms with Gasteiger partial charge in [0.1, 0.15) is 0 Å². The highest BCUT2D eigenvalue weighted by molar-refractivity contribution is 5.74. The summed E-state index contributed by atoms with van der Waals surface area (Å²) in [4.78, 5) is 18.7. The minimum atomic E-state index is -0.237. The summed E-state index contributed by atoms with van der Waals surface area (Å²) in [5.41, 5.74) is 0.854. The highest BCUT2D eigenvalue weighted by atomic mass is 16.7. The van der Waals surface area contributed by atoms with Crippen LogP contribution >= 0.6 is 0 Å². The molecule has 2 aromatic rings. The lowest BCUT2D eigenvalue weighted by molar-refractivity contribution is 0.174. The van der Waals surface area contributed by atoms with E-state index in [9.17, 15) is 4.79 Å². The topological polar surface area (TPSA) is 89.7 Å². The molecular weight excluding hydrogens is 348 g/mol. The second kappa shape index (κ2) is 6.75. The van der Waals surface area contributed by atoms with Crippen molar-refractivity contribution in [3.05, 3.63) is 35.5 Å². The molecule has 2 aliphatic rings. The van der Waals surface area contributed by atoms with Crippen molar-refractivity contribution in [1.82, 2.24) is 20.4 Å². The lowest BCUT2D eigenvalue weighted by Crippen LogP contribution is -2.43. The number of carbonyl (C=O) groups excluding carboxylic acids is 1. The van der Waals surface area contributed by atoms with Gasteiger partial charge in [0.2, 0.25) is 12.7 Å². The van der Waals surface area contributed by atoms with Crippen molar-refractivity contribution in [2.45, 2.75) is 38.5 Å². The molecule has 0 radical (unpaired) electrons. The zero-order chi connectivity index (χ0) is 19.0. The first-order chi connectivity index (χ1) is 12.9. The number of benzene rings is 1. The van der Waals surface area contributed by atoms with Gasteiger partial charge in [0, 0.05) is 25.0 Å². The second-order valence-corrected chi connectivity index (χ2v) is 7.72. The predicted molar refractivity (Wildman–Crippen MR) is 97.0 cm³/mol. The van der Waals surface area contributed by atoms with Gasteiger partial charge >= 0.3 is 6.03 Å². The molecular formula is C19H24N4O4. The summed E-state index contributed by atoms with van der Waals surface area (Å²) in [6.45, 7) is 8.04. The van der Waals surface area contributed by atoms with Crippen molar-refractivity contribution >= 4 is 6.03 Å². The normalized spacial score (nSPS) is 18.8. The molecule has 0 bridgehead atoms. The zero-order valence-corrected chi connectivity index (χ0v) is 15.8. The average Bonchev–Trinajstić information content (AvgIpc) is 3.38. The van der Waals surface area contributed by atoms with Gasteiger partial charge in [-0.25, -0.2) is 4.79 Å². The molecule has 2 aliphatic heterocycles. The van der Waals surface area contributed by atoms with E-state index >= 15 is 0 Å². The molecule has 27 heavy (non-hydrogen) atoms. The molecule has 0 saturated carbocycles. The summed E-state index contributed by atoms with van der Waals surface area (Å²) in [7, 11) is 0. The summed E-state index contributed by atoms with van der Waals surface area (Å²) in [5.74, 6) is 2.86. The molecule has 8 heteroatoms. The van der Waals surface area contributed by atoms with Crippen LogP contribution in [0.25, 0.3) is 0 Å². The van der Waals surface area contributed by atoms with Crippen LogP contribution in [0.4, 0.5) is 4.79 Å². The van der Waals surface area contributed by atoms with Gasteiger partial charge < -0.3 is 24.2 Å². The van der Waals surface area contributed by atoms with E-state index < -0.39 is 0 Å². The molecule has 0 spiro atoms. The number of carbonyl (C=O) groups is 1. The van der Waals surface area contributed by atoms with Crippen molar-refractivity contribution in [1.29, 1.82) is 0 Å². The number of likely N-dealkylation sites (tertiary alicyclic amines) is 1. The Morgan fingerprint density at radius 2 is 2.15 bits per heavy atom. The van der Waals surface area contributed by atoms with Crippen molar-refractivity contribution in [2.75, 3.05) is 26.4 Å². The van der Waals surface area contributed by atoms with E-state index in [0.717, 1.165) is 23.5 Å². The monoisotopic (exact) mass is 372 g/mol. The number of hydrogen-bond donors (Lipinski definition) is 1. The van der Waals surface area contributed by atoms with Crippen LogP contribution in [-0.4, -0.2) is 47.5 Å². The highest BCUT2D eigenvalue weighted by Gasteiger charge is 2.32. The van der Waals surface area contributed by atoms with Crippen LogP contribution in [0.2, 0.25) is 0 Å². The lowest BCUT2D eigenvalue weighted by atomic mass is 9.84. The van der Waals surface area contributed by atoms with E-state index in [1.54, 1.807) is 11.8 Å². The Balaban J connectivity index is 1.34. The molecule has 1 saturated heterocycles. The quantitative estimate of drug-likeness (QED) is 0.887. The van der Waals surface area contributed by atoms with Crippen LogP contribution < -0.4 is 14.8 Å². The zero-order valence-electron chi connectivity index (χ0n) is 15.8. The molecule has 2 amide bonds. The van der Waals surface area contributed by atoms with E-state index in [1.807, 2.05) is 18.2 Å². The molecule has 4 rings (SSSR count). The fourth-order valence-electron chi connectivity index (χ4n) is 3.45. The minimum absolute atomic E-state index is 0.0671. The Morgan fingerprint density at radius 1 is 1.33 bits per heavy atom. The number of amides is 2. The summed E-state index contributed by atoms with van der Waals surface area (Å²) in [6, 6.07) is 5.85. The smallest absolute Gasteiger partial charge is 0.317 e. The molecule has 1 aromatic heterocycles. The predicted octanol–water partition coefficient (Wildman–Crippen LogP) is 2.58. The number of aryl methyl sites for hydroxylation is 1. The fourth-order valence-corrected chi connectivity index (χ4v) is 3.45. The van der Waals surface area contributed by atoms with Crippen LogP contribution in [0.15, 0.2) is 22.7 Å². The van der Waals surface area contributed by atoms with Gasteiger partial charge in [-0.1, -0.05) is 25.1 Å². The van der Waals surface area contributed by atoms with E-state index in [0.29, 0.717) is 31.3 Å². The molecule has 1 aromatic carbocycles. The summed E-state index contributed by atoms with van der Waals surface area (Å²) in [6.07, 6.45) is 0.834. The lowest BCUT2D eigenvalue weighted by Gasteiger charge is -2.27. The third-order valence-electron chi connectivity index (χ3n) is 5.20. The molecule has 8 nitrogen and oxygen atoms in total. The Morgan fingerprint density at radius 3 is 2.93 bits per heavy atom. The van der Waals surface area contributed by atoms with E-state index in [-0.39, 0.29) is 24.2 Å². The van der Waals surface area contributed by atoms with Gasteiger partial charge in [-0.2, -0.15) is 4.98 Å². The Bertz CT molecular complexity index is 848. The standard InChI is InChI=1S/C19H24N4O4/c1-12-21-17(27-22-12)13-6-7-23(9-13)18(24)20-10-19(2,3)14-4-5-15-16(8-14)26-11-25-15/h4-5,8,13H,6-7,9-11H2,1-3H3,(H,20,24). The van der Waals surface area contributed by atoms with Crippen molar-refractivity contribution in [3.63, 3.8) is 0 Å². The van der Waals surface area contributed by atoms with Crippen molar-refractivity contribution in [3.8, 4) is 11.5 Å². The third-order valence-corrected chi connectivity index (χ3v) is 5.20. The number of urea groups is 1. The van der Waals surface area contributed by atoms with Crippen LogP contribution in [0.3, 0.4) is 0 Å². The van der Waals surface area contributed by atoms with Crippen LogP contribution in [0, 0.1) is 6.92 Å². The number of hydrogen-bond acceptors (Lipinski definition) is 6. The van der Waals surface area contributed by atoms with Gasteiger partial charge in [-0.05, 0) is 31.0 Å². The number of aromatic nitrogens is 2. The van der Waals surface area contributed by atoms with Crippen molar-refractivity contribution < 1.29 is 18.8 Å². The number of nitrogens with zero attached hydrogens (tertiary/aromatic N) is 3. The van der Waals surface area contributed by atoms with Crippen LogP contribution in [-0.2, 0) is 5.41 Å². The maximum Gasteiger partial charge on any atom is 0.317 e. The van der Waals surface area contributed by atoms with Gasteiger partial charge in [0.05, 0.1) is 5.92 Å². The maximum atomic E-state index is 12.6. The molecule has 1 atom stereocenters.